The maximum atomic E-state index is 15.9. The van der Waals surface area contributed by atoms with Gasteiger partial charge in [-0.2, -0.15) is 4.39 Å². The predicted octanol–water partition coefficient (Wildman–Crippen LogP) is 7.58. The summed E-state index contributed by atoms with van der Waals surface area (Å²) in [6.07, 6.45) is 0.819. The number of anilines is 2. The molecule has 1 aromatic heterocycles. The highest BCUT2D eigenvalue weighted by Gasteiger charge is 2.42. The maximum absolute atomic E-state index is 15.9. The number of hydrogen-bond acceptors (Lipinski definition) is 7. The fraction of sp³-hybridized carbons (Fsp3) is 0.433. The monoisotopic (exact) mass is 608 g/mol. The fourth-order valence-corrected chi connectivity index (χ4v) is 6.33. The maximum Gasteiger partial charge on any atom is 0.214 e. The Morgan fingerprint density at radius 2 is 1.83 bits per heavy atom. The summed E-state index contributed by atoms with van der Waals surface area (Å²) in [5.74, 6) is -1.12. The first kappa shape index (κ1) is 31.1. The molecule has 4 rings (SSSR count). The van der Waals surface area contributed by atoms with Crippen molar-refractivity contribution in [2.75, 3.05) is 43.6 Å². The lowest BCUT2D eigenvalue weighted by Gasteiger charge is -2.44. The smallest absolute Gasteiger partial charge is 0.214 e. The average Bonchev–Trinajstić information content (AvgIpc) is 3.34. The van der Waals surface area contributed by atoms with Crippen LogP contribution in [0.3, 0.4) is 0 Å². The van der Waals surface area contributed by atoms with E-state index in [0.29, 0.717) is 35.8 Å². The zero-order valence-electron chi connectivity index (χ0n) is 24.4. The Hall–Kier alpha value is -2.82. The second-order valence-corrected chi connectivity index (χ2v) is 12.8. The van der Waals surface area contributed by atoms with Crippen LogP contribution in [-0.2, 0) is 6.54 Å². The van der Waals surface area contributed by atoms with Crippen molar-refractivity contribution >= 4 is 35.1 Å². The van der Waals surface area contributed by atoms with Crippen molar-refractivity contribution in [3.63, 3.8) is 0 Å². The van der Waals surface area contributed by atoms with E-state index in [4.69, 9.17) is 21.1 Å². The van der Waals surface area contributed by atoms with Gasteiger partial charge in [0.1, 0.15) is 33.1 Å². The summed E-state index contributed by atoms with van der Waals surface area (Å²) in [5, 5.41) is -0.161. The molecule has 0 amide bonds. The molecule has 1 saturated heterocycles. The Bertz CT molecular complexity index is 1410. The number of halogens is 4. The summed E-state index contributed by atoms with van der Waals surface area (Å²) in [4.78, 5) is 7.86. The third-order valence-corrected chi connectivity index (χ3v) is 9.12. The van der Waals surface area contributed by atoms with Crippen molar-refractivity contribution in [2.24, 2.45) is 0 Å². The van der Waals surface area contributed by atoms with Crippen molar-refractivity contribution < 1.29 is 22.6 Å². The van der Waals surface area contributed by atoms with Gasteiger partial charge in [0.25, 0.3) is 0 Å². The molecule has 0 radical (unpaired) electrons. The van der Waals surface area contributed by atoms with Gasteiger partial charge in [0.2, 0.25) is 5.95 Å². The molecule has 1 unspecified atom stereocenters. The standard InChI is InChI=1S/C30H36ClF3N4O2S/c1-29(2,3)36(5)30(4)13-14-37(18-30)22-16-21(32)28(27(34)26(22)31)41-38(25-10-8-9-24(33)35-25)17-19-11-12-20(39-6)15-23(19)40-7/h8-12,15-16H,13-14,17-18H2,1-7H3. The third kappa shape index (κ3) is 6.65. The molecule has 222 valence electrons. The van der Waals surface area contributed by atoms with Crippen molar-refractivity contribution in [1.29, 1.82) is 0 Å². The molecule has 0 spiro atoms. The first-order valence-corrected chi connectivity index (χ1v) is 14.4. The Kier molecular flexibility index (Phi) is 9.26. The number of rotatable bonds is 9. The van der Waals surface area contributed by atoms with E-state index in [1.165, 1.54) is 36.7 Å². The number of methoxy groups -OCH3 is 2. The van der Waals surface area contributed by atoms with Crippen LogP contribution in [-0.4, -0.2) is 55.3 Å². The number of benzene rings is 2. The summed E-state index contributed by atoms with van der Waals surface area (Å²) in [6, 6.07) is 10.7. The molecular formula is C30H36ClF3N4O2S. The van der Waals surface area contributed by atoms with Gasteiger partial charge < -0.3 is 14.4 Å². The Morgan fingerprint density at radius 1 is 1.10 bits per heavy atom. The van der Waals surface area contributed by atoms with Crippen LogP contribution >= 0.6 is 23.5 Å². The molecule has 6 nitrogen and oxygen atoms in total. The molecule has 11 heteroatoms. The second-order valence-electron chi connectivity index (χ2n) is 11.4. The molecule has 2 aromatic carbocycles. The lowest BCUT2D eigenvalue weighted by molar-refractivity contribution is 0.0589. The summed E-state index contributed by atoms with van der Waals surface area (Å²) < 4.78 is 58.0. The number of ether oxygens (including phenoxy) is 2. The van der Waals surface area contributed by atoms with Crippen LogP contribution in [0, 0.1) is 17.6 Å². The van der Waals surface area contributed by atoms with Crippen LogP contribution in [0.15, 0.2) is 47.4 Å². The van der Waals surface area contributed by atoms with E-state index < -0.39 is 17.6 Å². The highest BCUT2D eigenvalue weighted by Crippen LogP contribution is 2.43. The van der Waals surface area contributed by atoms with E-state index in [1.807, 2.05) is 4.90 Å². The summed E-state index contributed by atoms with van der Waals surface area (Å²) in [6.45, 7) is 9.84. The quantitative estimate of drug-likeness (QED) is 0.141. The van der Waals surface area contributed by atoms with E-state index in [9.17, 15) is 4.39 Å². The lowest BCUT2D eigenvalue weighted by Crippen LogP contribution is -2.54. The highest BCUT2D eigenvalue weighted by atomic mass is 35.5. The summed E-state index contributed by atoms with van der Waals surface area (Å²) >= 11 is 7.33. The molecule has 0 N–H and O–H groups in total. The van der Waals surface area contributed by atoms with Gasteiger partial charge in [-0.15, -0.1) is 0 Å². The molecule has 1 atom stereocenters. The van der Waals surface area contributed by atoms with Crippen LogP contribution < -0.4 is 18.7 Å². The third-order valence-electron chi connectivity index (χ3n) is 7.67. The number of likely N-dealkylation sites (N-methyl/N-ethyl adjacent to an activating group) is 1. The van der Waals surface area contributed by atoms with Gasteiger partial charge in [-0.3, -0.25) is 9.21 Å². The van der Waals surface area contributed by atoms with Crippen LogP contribution in [0.25, 0.3) is 0 Å². The normalized spacial score (nSPS) is 17.3. The summed E-state index contributed by atoms with van der Waals surface area (Å²) in [5.41, 5.74) is 0.713. The molecule has 0 bridgehead atoms. The Balaban J connectivity index is 1.67. The number of pyridine rings is 1. The van der Waals surface area contributed by atoms with Gasteiger partial charge >= 0.3 is 0 Å². The average molecular weight is 609 g/mol. The molecule has 1 aliphatic heterocycles. The van der Waals surface area contributed by atoms with Crippen LogP contribution in [0.2, 0.25) is 5.02 Å². The zero-order chi connectivity index (χ0) is 30.1. The van der Waals surface area contributed by atoms with Gasteiger partial charge in [-0.05, 0) is 77.4 Å². The van der Waals surface area contributed by atoms with E-state index in [2.05, 4.69) is 44.6 Å². The van der Waals surface area contributed by atoms with Crippen molar-refractivity contribution in [2.45, 2.75) is 56.6 Å². The largest absolute Gasteiger partial charge is 0.497 e. The second kappa shape index (κ2) is 12.2. The lowest BCUT2D eigenvalue weighted by atomic mass is 9.93. The number of aromatic nitrogens is 1. The van der Waals surface area contributed by atoms with Crippen molar-refractivity contribution in [1.82, 2.24) is 9.88 Å². The molecule has 1 aliphatic rings. The topological polar surface area (TPSA) is 41.1 Å². The SMILES string of the molecule is COc1ccc(CN(Sc2c(F)cc(N3CCC(C)(N(C)C(C)(C)C)C3)c(Cl)c2F)c2cccc(F)n2)c(OC)c1. The molecule has 0 aliphatic carbocycles. The first-order valence-electron chi connectivity index (χ1n) is 13.2. The minimum absolute atomic E-state index is 0.0769. The van der Waals surface area contributed by atoms with E-state index in [-0.39, 0.29) is 33.4 Å². The van der Waals surface area contributed by atoms with Crippen LogP contribution in [0.1, 0.15) is 39.7 Å². The van der Waals surface area contributed by atoms with E-state index in [0.717, 1.165) is 18.4 Å². The number of nitrogens with zero attached hydrogens (tertiary/aromatic N) is 4. The van der Waals surface area contributed by atoms with Gasteiger partial charge in [0.15, 0.2) is 5.82 Å². The van der Waals surface area contributed by atoms with Crippen LogP contribution in [0.4, 0.5) is 24.7 Å². The summed E-state index contributed by atoms with van der Waals surface area (Å²) in [7, 11) is 5.12. The minimum Gasteiger partial charge on any atom is -0.497 e. The fourth-order valence-electron chi connectivity index (χ4n) is 5.06. The first-order chi connectivity index (χ1) is 19.3. The van der Waals surface area contributed by atoms with Gasteiger partial charge in [-0.25, -0.2) is 13.8 Å². The molecule has 41 heavy (non-hydrogen) atoms. The minimum atomic E-state index is -0.882. The van der Waals surface area contributed by atoms with E-state index in [1.54, 1.807) is 24.3 Å². The molecule has 3 aromatic rings. The predicted molar refractivity (Wildman–Crippen MR) is 160 cm³/mol. The van der Waals surface area contributed by atoms with Crippen molar-refractivity contribution in [3.8, 4) is 11.5 Å². The Labute approximate surface area is 249 Å². The zero-order valence-corrected chi connectivity index (χ0v) is 26.0. The van der Waals surface area contributed by atoms with Gasteiger partial charge in [0, 0.05) is 41.9 Å². The Morgan fingerprint density at radius 3 is 2.46 bits per heavy atom. The van der Waals surface area contributed by atoms with E-state index >= 15 is 8.78 Å². The molecule has 1 fully saturated rings. The highest BCUT2D eigenvalue weighted by molar-refractivity contribution is 8.00. The number of hydrogen-bond donors (Lipinski definition) is 0. The molecule has 2 heterocycles. The van der Waals surface area contributed by atoms with Crippen molar-refractivity contribution in [3.05, 3.63) is 70.6 Å². The molecule has 0 saturated carbocycles. The van der Waals surface area contributed by atoms with Gasteiger partial charge in [0.05, 0.1) is 26.5 Å². The molecular weight excluding hydrogens is 573 g/mol. The van der Waals surface area contributed by atoms with Gasteiger partial charge in [-0.1, -0.05) is 17.7 Å². The van der Waals surface area contributed by atoms with Crippen LogP contribution in [0.5, 0.6) is 11.5 Å².